The normalized spacial score (nSPS) is 13.5. The molecule has 2 aromatic rings. The number of carbonyl (C=O) groups is 8. The summed E-state index contributed by atoms with van der Waals surface area (Å²) in [5.74, 6) is -6.63. The number of hydrogen-bond acceptors (Lipinski definition) is 13. The van der Waals surface area contributed by atoms with Crippen LogP contribution in [0.15, 0.2) is 54.6 Å². The molecule has 0 bridgehead atoms. The van der Waals surface area contributed by atoms with Crippen LogP contribution in [0.4, 0.5) is 10.5 Å². The molecule has 18 heteroatoms. The SMILES string of the molecule is CC(C)[C@@H](NC(=O)C(CCC(=O)OC(C)(C)C)NC(=O)[C@H](CC(=O)OC(C)(C)C)NC(=O)OCc1ccccc1)C(=O)N[C@H](CC(=O)OC(C)(C)C)C(=O)Nc1ccc(CO)cc1. The largest absolute Gasteiger partial charge is 0.460 e. The van der Waals surface area contributed by atoms with Crippen LogP contribution in [-0.4, -0.2) is 93.7 Å². The number of alkyl carbamates (subject to hydrolysis) is 1. The third-order valence-corrected chi connectivity index (χ3v) is 8.38. The van der Waals surface area contributed by atoms with Gasteiger partial charge < -0.3 is 50.6 Å². The van der Waals surface area contributed by atoms with Crippen LogP contribution in [0, 0.1) is 5.92 Å². The Morgan fingerprint density at radius 3 is 1.52 bits per heavy atom. The van der Waals surface area contributed by atoms with Gasteiger partial charge in [0.25, 0.3) is 0 Å². The first-order valence-corrected chi connectivity index (χ1v) is 20.7. The minimum atomic E-state index is -1.63. The molecule has 1 unspecified atom stereocenters. The lowest BCUT2D eigenvalue weighted by Gasteiger charge is -2.28. The minimum Gasteiger partial charge on any atom is -0.460 e. The van der Waals surface area contributed by atoms with Crippen molar-refractivity contribution in [3.8, 4) is 0 Å². The van der Waals surface area contributed by atoms with E-state index in [0.717, 1.165) is 0 Å². The zero-order valence-electron chi connectivity index (χ0n) is 38.2. The summed E-state index contributed by atoms with van der Waals surface area (Å²) in [5.41, 5.74) is -1.21. The van der Waals surface area contributed by atoms with Crippen molar-refractivity contribution in [3.63, 3.8) is 0 Å². The van der Waals surface area contributed by atoms with E-state index in [1.807, 2.05) is 0 Å². The van der Waals surface area contributed by atoms with Crippen molar-refractivity contribution in [2.24, 2.45) is 5.92 Å². The second kappa shape index (κ2) is 24.0. The van der Waals surface area contributed by atoms with Crippen LogP contribution in [0.5, 0.6) is 0 Å². The molecule has 0 heterocycles. The molecule has 2 rings (SSSR count). The number of hydrogen-bond donors (Lipinski definition) is 6. The molecular formula is C45H65N5O13. The topological polar surface area (TPSA) is 254 Å². The zero-order chi connectivity index (χ0) is 47.7. The molecule has 5 amide bonds. The Kier molecular flexibility index (Phi) is 20.2. The third-order valence-electron chi connectivity index (χ3n) is 8.38. The molecular weight excluding hydrogens is 819 g/mol. The molecule has 4 atom stereocenters. The van der Waals surface area contributed by atoms with Crippen molar-refractivity contribution < 1.29 is 62.4 Å². The van der Waals surface area contributed by atoms with Crippen molar-refractivity contribution >= 4 is 53.3 Å². The molecule has 0 aliphatic rings. The van der Waals surface area contributed by atoms with E-state index in [4.69, 9.17) is 18.9 Å². The van der Waals surface area contributed by atoms with E-state index >= 15 is 0 Å². The van der Waals surface area contributed by atoms with Gasteiger partial charge in [0, 0.05) is 12.1 Å². The van der Waals surface area contributed by atoms with Crippen LogP contribution in [-0.2, 0) is 65.7 Å². The van der Waals surface area contributed by atoms with Gasteiger partial charge in [-0.05, 0) is 97.9 Å². The summed E-state index contributed by atoms with van der Waals surface area (Å²) in [7, 11) is 0. The molecule has 0 aliphatic heterocycles. The van der Waals surface area contributed by atoms with Gasteiger partial charge in [0.1, 0.15) is 47.6 Å². The van der Waals surface area contributed by atoms with Crippen LogP contribution in [0.25, 0.3) is 0 Å². The lowest BCUT2D eigenvalue weighted by Crippen LogP contribution is -2.59. The first-order chi connectivity index (χ1) is 29.1. The maximum absolute atomic E-state index is 14.1. The van der Waals surface area contributed by atoms with Crippen molar-refractivity contribution in [1.29, 1.82) is 0 Å². The van der Waals surface area contributed by atoms with Crippen LogP contribution >= 0.6 is 0 Å². The maximum Gasteiger partial charge on any atom is 0.408 e. The van der Waals surface area contributed by atoms with Gasteiger partial charge in [0.2, 0.25) is 23.6 Å². The van der Waals surface area contributed by atoms with E-state index in [-0.39, 0.29) is 26.1 Å². The number of amides is 5. The highest BCUT2D eigenvalue weighted by Crippen LogP contribution is 2.16. The fourth-order valence-corrected chi connectivity index (χ4v) is 5.59. The standard InChI is InChI=1S/C45H65N5O13/c1-27(2)37(41(58)48-32(23-35(53)62-44(6,7)8)39(56)46-30-19-17-28(25-51)18-20-30)50-38(55)31(21-22-34(52)61-43(3,4)5)47-40(57)33(24-36(54)63-45(9,10)11)49-42(59)60-26-29-15-13-12-14-16-29/h12-20,27,31-33,37,51H,21-26H2,1-11H3,(H,46,56)(H,47,57)(H,48,58)(H,49,59)(H,50,55)/t31?,32-,33+,37-/m1/s1. The minimum absolute atomic E-state index is 0.162. The molecule has 2 aromatic carbocycles. The van der Waals surface area contributed by atoms with Crippen LogP contribution < -0.4 is 26.6 Å². The van der Waals surface area contributed by atoms with E-state index < -0.39 is 107 Å². The van der Waals surface area contributed by atoms with Gasteiger partial charge in [0.15, 0.2) is 0 Å². The van der Waals surface area contributed by atoms with Crippen molar-refractivity contribution in [3.05, 3.63) is 65.7 Å². The first kappa shape index (κ1) is 53.1. The number of anilines is 1. The lowest BCUT2D eigenvalue weighted by atomic mass is 10.0. The average molecular weight is 884 g/mol. The molecule has 0 saturated carbocycles. The Bertz CT molecular complexity index is 1880. The molecule has 0 aliphatic carbocycles. The Hall–Kier alpha value is -6.04. The Balaban J connectivity index is 2.43. The second-order valence-electron chi connectivity index (χ2n) is 18.2. The van der Waals surface area contributed by atoms with Crippen molar-refractivity contribution in [1.82, 2.24) is 21.3 Å². The van der Waals surface area contributed by atoms with E-state index in [0.29, 0.717) is 16.8 Å². The predicted octanol–water partition coefficient (Wildman–Crippen LogP) is 4.11. The highest BCUT2D eigenvalue weighted by Gasteiger charge is 2.36. The van der Waals surface area contributed by atoms with Crippen molar-refractivity contribution in [2.45, 2.75) is 156 Å². The third kappa shape index (κ3) is 21.5. The summed E-state index contributed by atoms with van der Waals surface area (Å²) >= 11 is 0. The van der Waals surface area contributed by atoms with Crippen molar-refractivity contribution in [2.75, 3.05) is 5.32 Å². The fraction of sp³-hybridized carbons (Fsp3) is 0.556. The van der Waals surface area contributed by atoms with Gasteiger partial charge in [-0.3, -0.25) is 33.6 Å². The van der Waals surface area contributed by atoms with Gasteiger partial charge in [-0.25, -0.2) is 4.79 Å². The predicted molar refractivity (Wildman–Crippen MR) is 231 cm³/mol. The number of aliphatic hydroxyl groups excluding tert-OH is 1. The monoisotopic (exact) mass is 883 g/mol. The number of esters is 3. The molecule has 0 aromatic heterocycles. The zero-order valence-corrected chi connectivity index (χ0v) is 38.2. The Labute approximate surface area is 369 Å². The molecule has 0 fully saturated rings. The van der Waals surface area contributed by atoms with Crippen LogP contribution in [0.2, 0.25) is 0 Å². The second-order valence-corrected chi connectivity index (χ2v) is 18.2. The molecule has 348 valence electrons. The van der Waals surface area contributed by atoms with Gasteiger partial charge >= 0.3 is 24.0 Å². The quantitative estimate of drug-likeness (QED) is 0.0810. The number of carbonyl (C=O) groups excluding carboxylic acids is 8. The number of rotatable bonds is 20. The Morgan fingerprint density at radius 2 is 1.03 bits per heavy atom. The van der Waals surface area contributed by atoms with Gasteiger partial charge in [-0.2, -0.15) is 0 Å². The summed E-state index contributed by atoms with van der Waals surface area (Å²) in [5, 5.41) is 22.0. The highest BCUT2D eigenvalue weighted by molar-refractivity contribution is 6.01. The van der Waals surface area contributed by atoms with E-state index in [9.17, 15) is 43.5 Å². The van der Waals surface area contributed by atoms with Crippen LogP contribution in [0.3, 0.4) is 0 Å². The number of aliphatic hydroxyl groups is 1. The van der Waals surface area contributed by atoms with Crippen LogP contribution in [0.1, 0.15) is 113 Å². The van der Waals surface area contributed by atoms with E-state index in [2.05, 4.69) is 26.6 Å². The molecule has 0 saturated heterocycles. The number of nitrogens with one attached hydrogen (secondary N) is 5. The number of benzene rings is 2. The summed E-state index contributed by atoms with van der Waals surface area (Å²) in [6, 6.07) is 8.85. The Morgan fingerprint density at radius 1 is 0.556 bits per heavy atom. The van der Waals surface area contributed by atoms with Gasteiger partial charge in [0.05, 0.1) is 19.4 Å². The van der Waals surface area contributed by atoms with Gasteiger partial charge in [-0.15, -0.1) is 0 Å². The average Bonchev–Trinajstić information content (AvgIpc) is 3.15. The van der Waals surface area contributed by atoms with E-state index in [1.54, 1.807) is 119 Å². The summed E-state index contributed by atoms with van der Waals surface area (Å²) < 4.78 is 21.5. The first-order valence-electron chi connectivity index (χ1n) is 20.7. The smallest absolute Gasteiger partial charge is 0.408 e. The van der Waals surface area contributed by atoms with Gasteiger partial charge in [-0.1, -0.05) is 56.3 Å². The highest BCUT2D eigenvalue weighted by atomic mass is 16.6. The van der Waals surface area contributed by atoms with E-state index in [1.165, 1.54) is 12.1 Å². The molecule has 0 radical (unpaired) electrons. The molecule has 0 spiro atoms. The molecule has 6 N–H and O–H groups in total. The number of ether oxygens (including phenoxy) is 4. The fourth-order valence-electron chi connectivity index (χ4n) is 5.59. The maximum atomic E-state index is 14.1. The molecule has 63 heavy (non-hydrogen) atoms. The summed E-state index contributed by atoms with van der Waals surface area (Å²) in [6.07, 6.45) is -3.05. The lowest BCUT2D eigenvalue weighted by molar-refractivity contribution is -0.157. The molecule has 18 nitrogen and oxygen atoms in total. The summed E-state index contributed by atoms with van der Waals surface area (Å²) in [6.45, 7) is 17.5. The summed E-state index contributed by atoms with van der Waals surface area (Å²) in [4.78, 5) is 107.